The molecular formula is C16H15FN4O2S. The standard InChI is InChI=1S/C16H15FN4O2S/c1-10-13-8-11(9-18-16(13)20(2)19-10)24(22,23)21-7-6-12-14(17)4-3-5-15(12)21/h3-5,8-9H,6-7H2,1-2H3. The van der Waals surface area contributed by atoms with E-state index >= 15 is 0 Å². The monoisotopic (exact) mass is 346 g/mol. The Bertz CT molecular complexity index is 1080. The number of benzene rings is 1. The van der Waals surface area contributed by atoms with E-state index in [0.29, 0.717) is 34.4 Å². The molecule has 124 valence electrons. The van der Waals surface area contributed by atoms with Crippen molar-refractivity contribution in [2.75, 3.05) is 10.8 Å². The van der Waals surface area contributed by atoms with Crippen LogP contribution in [-0.4, -0.2) is 29.7 Å². The predicted molar refractivity (Wildman–Crippen MR) is 87.9 cm³/mol. The second kappa shape index (κ2) is 5.01. The fourth-order valence-corrected chi connectivity index (χ4v) is 4.64. The van der Waals surface area contributed by atoms with E-state index in [1.807, 2.05) is 0 Å². The summed E-state index contributed by atoms with van der Waals surface area (Å²) in [5.74, 6) is -0.373. The third-order valence-corrected chi connectivity index (χ3v) is 6.13. The highest BCUT2D eigenvalue weighted by atomic mass is 32.2. The van der Waals surface area contributed by atoms with Crippen LogP contribution in [0.4, 0.5) is 10.1 Å². The molecule has 1 aromatic carbocycles. The minimum atomic E-state index is -3.80. The number of nitrogens with zero attached hydrogens (tertiary/aromatic N) is 4. The lowest BCUT2D eigenvalue weighted by molar-refractivity contribution is 0.592. The van der Waals surface area contributed by atoms with Crippen LogP contribution in [-0.2, 0) is 23.5 Å². The van der Waals surface area contributed by atoms with Crippen LogP contribution >= 0.6 is 0 Å². The summed E-state index contributed by atoms with van der Waals surface area (Å²) < 4.78 is 42.7. The number of pyridine rings is 1. The maximum atomic E-state index is 13.9. The van der Waals surface area contributed by atoms with Gasteiger partial charge in [-0.25, -0.2) is 17.8 Å². The smallest absolute Gasteiger partial charge is 0.265 e. The lowest BCUT2D eigenvalue weighted by atomic mass is 10.1. The average molecular weight is 346 g/mol. The molecule has 0 fully saturated rings. The summed E-state index contributed by atoms with van der Waals surface area (Å²) in [7, 11) is -2.04. The van der Waals surface area contributed by atoms with Crippen LogP contribution in [0, 0.1) is 12.7 Å². The quantitative estimate of drug-likeness (QED) is 0.713. The zero-order valence-corrected chi connectivity index (χ0v) is 14.0. The first-order valence-corrected chi connectivity index (χ1v) is 8.93. The van der Waals surface area contributed by atoms with E-state index in [9.17, 15) is 12.8 Å². The lowest BCUT2D eigenvalue weighted by Crippen LogP contribution is -2.29. The van der Waals surface area contributed by atoms with Gasteiger partial charge >= 0.3 is 0 Å². The summed E-state index contributed by atoms with van der Waals surface area (Å²) in [6.07, 6.45) is 1.69. The molecule has 0 saturated carbocycles. The SMILES string of the molecule is Cc1nn(C)c2ncc(S(=O)(=O)N3CCc4c(F)cccc43)cc12. The van der Waals surface area contributed by atoms with Gasteiger partial charge in [0.2, 0.25) is 0 Å². The van der Waals surface area contributed by atoms with Gasteiger partial charge < -0.3 is 0 Å². The van der Waals surface area contributed by atoms with Gasteiger partial charge in [-0.15, -0.1) is 0 Å². The van der Waals surface area contributed by atoms with Gasteiger partial charge in [0.1, 0.15) is 10.7 Å². The zero-order valence-electron chi connectivity index (χ0n) is 13.2. The molecule has 4 rings (SSSR count). The van der Waals surface area contributed by atoms with Crippen LogP contribution in [0.25, 0.3) is 11.0 Å². The molecule has 0 spiro atoms. The number of sulfonamides is 1. The van der Waals surface area contributed by atoms with E-state index in [1.165, 1.54) is 22.6 Å². The molecule has 3 aromatic rings. The summed E-state index contributed by atoms with van der Waals surface area (Å²) in [6, 6.07) is 6.08. The van der Waals surface area contributed by atoms with Gasteiger partial charge in [0.25, 0.3) is 10.0 Å². The summed E-state index contributed by atoms with van der Waals surface area (Å²) >= 11 is 0. The summed E-state index contributed by atoms with van der Waals surface area (Å²) in [5.41, 5.74) is 2.18. The molecule has 0 saturated heterocycles. The van der Waals surface area contributed by atoms with Crippen LogP contribution < -0.4 is 4.31 Å². The molecule has 3 heterocycles. The van der Waals surface area contributed by atoms with Gasteiger partial charge in [0.05, 0.1) is 11.4 Å². The number of halogens is 1. The largest absolute Gasteiger partial charge is 0.266 e. The Hall–Kier alpha value is -2.48. The predicted octanol–water partition coefficient (Wildman–Crippen LogP) is 2.17. The molecule has 0 amide bonds. The normalized spacial score (nSPS) is 14.4. The number of fused-ring (bicyclic) bond motifs is 2. The van der Waals surface area contributed by atoms with Crippen molar-refractivity contribution in [3.63, 3.8) is 0 Å². The topological polar surface area (TPSA) is 68.1 Å². The van der Waals surface area contributed by atoms with Crippen molar-refractivity contribution >= 4 is 26.7 Å². The number of aryl methyl sites for hydroxylation is 2. The maximum absolute atomic E-state index is 13.9. The number of anilines is 1. The minimum absolute atomic E-state index is 0.0863. The van der Waals surface area contributed by atoms with E-state index in [-0.39, 0.29) is 17.3 Å². The van der Waals surface area contributed by atoms with Crippen LogP contribution in [0.5, 0.6) is 0 Å². The highest BCUT2D eigenvalue weighted by molar-refractivity contribution is 7.92. The molecule has 24 heavy (non-hydrogen) atoms. The van der Waals surface area contributed by atoms with Gasteiger partial charge in [-0.05, 0) is 31.5 Å². The second-order valence-corrected chi connectivity index (χ2v) is 7.68. The fraction of sp³-hybridized carbons (Fsp3) is 0.250. The summed E-state index contributed by atoms with van der Waals surface area (Å²) in [6.45, 7) is 2.03. The summed E-state index contributed by atoms with van der Waals surface area (Å²) in [5, 5.41) is 4.95. The number of hydrogen-bond donors (Lipinski definition) is 0. The fourth-order valence-electron chi connectivity index (χ4n) is 3.17. The van der Waals surface area contributed by atoms with Crippen LogP contribution in [0.3, 0.4) is 0 Å². The van der Waals surface area contributed by atoms with Crippen LogP contribution in [0.2, 0.25) is 0 Å². The van der Waals surface area contributed by atoms with Gasteiger partial charge in [0.15, 0.2) is 5.65 Å². The van der Waals surface area contributed by atoms with Crippen molar-refractivity contribution in [3.05, 3.63) is 47.5 Å². The Morgan fingerprint density at radius 1 is 1.29 bits per heavy atom. The van der Waals surface area contributed by atoms with E-state index in [1.54, 1.807) is 30.8 Å². The molecule has 0 unspecified atom stereocenters. The third-order valence-electron chi connectivity index (χ3n) is 4.35. The molecule has 0 bridgehead atoms. The van der Waals surface area contributed by atoms with Crippen molar-refractivity contribution in [2.45, 2.75) is 18.2 Å². The van der Waals surface area contributed by atoms with Gasteiger partial charge in [-0.1, -0.05) is 6.07 Å². The van der Waals surface area contributed by atoms with E-state index in [0.717, 1.165) is 0 Å². The molecule has 0 aliphatic carbocycles. The molecular weight excluding hydrogens is 331 g/mol. The molecule has 0 N–H and O–H groups in total. The van der Waals surface area contributed by atoms with Crippen molar-refractivity contribution in [1.82, 2.24) is 14.8 Å². The lowest BCUT2D eigenvalue weighted by Gasteiger charge is -2.19. The molecule has 0 atom stereocenters. The van der Waals surface area contributed by atoms with Crippen molar-refractivity contribution in [3.8, 4) is 0 Å². The van der Waals surface area contributed by atoms with Gasteiger partial charge in [0, 0.05) is 30.7 Å². The third kappa shape index (κ3) is 2.02. The Morgan fingerprint density at radius 2 is 2.08 bits per heavy atom. The molecule has 8 heteroatoms. The van der Waals surface area contributed by atoms with Crippen molar-refractivity contribution in [1.29, 1.82) is 0 Å². The Balaban J connectivity index is 1.85. The highest BCUT2D eigenvalue weighted by Gasteiger charge is 2.32. The molecule has 2 aromatic heterocycles. The maximum Gasteiger partial charge on any atom is 0.265 e. The zero-order chi connectivity index (χ0) is 17.1. The minimum Gasteiger partial charge on any atom is -0.266 e. The van der Waals surface area contributed by atoms with Crippen molar-refractivity contribution in [2.24, 2.45) is 7.05 Å². The highest BCUT2D eigenvalue weighted by Crippen LogP contribution is 2.34. The van der Waals surface area contributed by atoms with Gasteiger partial charge in [-0.3, -0.25) is 8.99 Å². The van der Waals surface area contributed by atoms with E-state index in [2.05, 4.69) is 10.1 Å². The van der Waals surface area contributed by atoms with Crippen molar-refractivity contribution < 1.29 is 12.8 Å². The Kier molecular flexibility index (Phi) is 3.14. The number of aromatic nitrogens is 3. The number of hydrogen-bond acceptors (Lipinski definition) is 4. The first kappa shape index (κ1) is 15.1. The first-order chi connectivity index (χ1) is 11.4. The first-order valence-electron chi connectivity index (χ1n) is 7.49. The van der Waals surface area contributed by atoms with E-state index < -0.39 is 10.0 Å². The summed E-state index contributed by atoms with van der Waals surface area (Å²) in [4.78, 5) is 4.32. The Morgan fingerprint density at radius 3 is 2.88 bits per heavy atom. The van der Waals surface area contributed by atoms with Crippen LogP contribution in [0.1, 0.15) is 11.3 Å². The van der Waals surface area contributed by atoms with Crippen LogP contribution in [0.15, 0.2) is 35.4 Å². The molecule has 0 radical (unpaired) electrons. The molecule has 1 aliphatic heterocycles. The molecule has 1 aliphatic rings. The molecule has 6 nitrogen and oxygen atoms in total. The Labute approximate surface area is 138 Å². The average Bonchev–Trinajstić information content (AvgIpc) is 3.11. The second-order valence-electron chi connectivity index (χ2n) is 5.82. The number of rotatable bonds is 2. The van der Waals surface area contributed by atoms with Gasteiger partial charge in [-0.2, -0.15) is 5.10 Å². The van der Waals surface area contributed by atoms with E-state index in [4.69, 9.17) is 0 Å².